The van der Waals surface area contributed by atoms with Crippen LogP contribution in [0.4, 0.5) is 38.2 Å². The minimum atomic E-state index is -4.58. The largest absolute Gasteiger partial charge is 0.493 e. The number of aromatic nitrogens is 4. The van der Waals surface area contributed by atoms with Crippen molar-refractivity contribution >= 4 is 51.6 Å². The number of hydrogen-bond donors (Lipinski definition) is 2. The van der Waals surface area contributed by atoms with Crippen molar-refractivity contribution in [2.45, 2.75) is 59.7 Å². The molecule has 6 aromatic rings. The van der Waals surface area contributed by atoms with Gasteiger partial charge in [-0.15, -0.1) is 0 Å². The fraction of sp³-hybridized carbons (Fsp3) is 0.304. The van der Waals surface area contributed by atoms with E-state index in [9.17, 15) is 60.0 Å². The molecular formula is C46H44F6N6O10S4. The lowest BCUT2D eigenvalue weighted by molar-refractivity contribution is -0.138. The molecule has 0 spiro atoms. The maximum absolute atomic E-state index is 13.4. The highest BCUT2D eigenvalue weighted by atomic mass is 32.2. The van der Waals surface area contributed by atoms with Gasteiger partial charge in [0.2, 0.25) is 11.9 Å². The maximum atomic E-state index is 13.4. The highest BCUT2D eigenvalue weighted by Gasteiger charge is 2.35. The lowest BCUT2D eigenvalue weighted by Crippen LogP contribution is -2.20. The van der Waals surface area contributed by atoms with Gasteiger partial charge in [0.15, 0.2) is 0 Å². The average molecular weight is 1080 g/mol. The number of fused-ring (bicyclic) bond motifs is 2. The Bertz CT molecular complexity index is 3180. The molecule has 2 aliphatic heterocycles. The highest BCUT2D eigenvalue weighted by Crippen LogP contribution is 2.44. The molecule has 0 saturated heterocycles. The molecule has 2 aliphatic rings. The van der Waals surface area contributed by atoms with Gasteiger partial charge in [-0.3, -0.25) is 0 Å². The van der Waals surface area contributed by atoms with Gasteiger partial charge in [-0.25, -0.2) is 63.1 Å². The van der Waals surface area contributed by atoms with Crippen LogP contribution in [0, 0.1) is 0 Å². The molecule has 8 rings (SSSR count). The number of halogens is 6. The lowest BCUT2D eigenvalue weighted by Gasteiger charge is -2.29. The summed E-state index contributed by atoms with van der Waals surface area (Å²) in [6.07, 6.45) is -0.882. The van der Waals surface area contributed by atoms with Crippen molar-refractivity contribution < 1.29 is 69.5 Å². The fourth-order valence-corrected chi connectivity index (χ4v) is 11.2. The summed E-state index contributed by atoms with van der Waals surface area (Å²) in [5.41, 5.74) is 1.09. The molecule has 2 aromatic heterocycles. The average Bonchev–Trinajstić information content (AvgIpc) is 3.31. The summed E-state index contributed by atoms with van der Waals surface area (Å²) in [7, 11) is -14.9. The van der Waals surface area contributed by atoms with Gasteiger partial charge >= 0.3 is 12.4 Å². The summed E-state index contributed by atoms with van der Waals surface area (Å²) >= 11 is 0. The van der Waals surface area contributed by atoms with Gasteiger partial charge in [0.1, 0.15) is 31.2 Å². The van der Waals surface area contributed by atoms with E-state index in [4.69, 9.17) is 9.47 Å². The number of sulfone groups is 2. The van der Waals surface area contributed by atoms with Crippen molar-refractivity contribution in [3.8, 4) is 11.5 Å². The van der Waals surface area contributed by atoms with Gasteiger partial charge in [-0.2, -0.15) is 26.3 Å². The first-order chi connectivity index (χ1) is 33.7. The van der Waals surface area contributed by atoms with Crippen LogP contribution in [0.25, 0.3) is 0 Å². The number of anilines is 2. The Morgan fingerprint density at radius 1 is 0.514 bits per heavy atom. The summed E-state index contributed by atoms with van der Waals surface area (Å²) in [4.78, 5) is 15.2. The number of nitrogens with one attached hydrogen (secondary N) is 2. The van der Waals surface area contributed by atoms with E-state index in [1.165, 1.54) is 73.3 Å². The Hall–Kier alpha value is -6.38. The number of nitrogens with zero attached hydrogens (tertiary/aromatic N) is 4. The molecule has 384 valence electrons. The number of ether oxygens (including phenoxy) is 2. The van der Waals surface area contributed by atoms with Crippen molar-refractivity contribution in [3.63, 3.8) is 0 Å². The first-order valence-corrected chi connectivity index (χ1v) is 28.6. The van der Waals surface area contributed by atoms with Crippen LogP contribution in [0.2, 0.25) is 0 Å². The van der Waals surface area contributed by atoms with Crippen LogP contribution in [-0.2, 0) is 64.9 Å². The smallest absolute Gasteiger partial charge is 0.416 e. The molecule has 4 heterocycles. The Morgan fingerprint density at radius 3 is 1.19 bits per heavy atom. The van der Waals surface area contributed by atoms with Crippen LogP contribution in [0.1, 0.15) is 69.2 Å². The van der Waals surface area contributed by atoms with Gasteiger partial charge in [0.05, 0.1) is 45.6 Å². The standard InChI is InChI=1S/2C23H22F3N3O5S2/c2*1-35(30,31)12-8-15-13-16(23(24,25)26)3-5-18(15)19-7-11-34-21-14-17(4-6-20(19)21)36(32,33)29-22-27-9-2-10-28-22/h2*2-6,9-10,13-14,19H,7-8,11-12H2,1H3,(H,27,28,29)/t2*19-/m10/s1. The molecule has 2 atom stereocenters. The topological polar surface area (TPSA) is 231 Å². The third kappa shape index (κ3) is 13.6. The SMILES string of the molecule is CS(=O)(=O)CCc1cc(C(F)(F)F)ccc1[C@@H]1CCOc2cc(S(=O)(=O)Nc3ncccn3)ccc21.CS(=O)(=O)CCc1cc(C(F)(F)F)ccc1[C@H]1CCOc2cc(S(=O)(=O)Nc3ncccn3)ccc21. The van der Waals surface area contributed by atoms with Crippen LogP contribution < -0.4 is 18.9 Å². The Labute approximate surface area is 411 Å². The maximum Gasteiger partial charge on any atom is 0.416 e. The second kappa shape index (κ2) is 21.0. The zero-order valence-electron chi connectivity index (χ0n) is 38.0. The van der Waals surface area contributed by atoms with E-state index in [1.54, 1.807) is 12.1 Å². The Morgan fingerprint density at radius 2 is 0.861 bits per heavy atom. The molecule has 2 N–H and O–H groups in total. The molecule has 0 amide bonds. The van der Waals surface area contributed by atoms with Crippen molar-refractivity contribution in [1.29, 1.82) is 0 Å². The summed E-state index contributed by atoms with van der Waals surface area (Å²) in [5.74, 6) is -1.08. The number of alkyl halides is 6. The number of sulfonamides is 2. The number of rotatable bonds is 14. The molecule has 16 nitrogen and oxygen atoms in total. The first kappa shape index (κ1) is 53.4. The molecule has 72 heavy (non-hydrogen) atoms. The van der Waals surface area contributed by atoms with Crippen LogP contribution in [0.15, 0.2) is 120 Å². The zero-order chi connectivity index (χ0) is 52.3. The Kier molecular flexibility index (Phi) is 15.6. The number of hydrogen-bond acceptors (Lipinski definition) is 14. The monoisotopic (exact) mass is 1080 g/mol. The van der Waals surface area contributed by atoms with Crippen molar-refractivity contribution in [2.24, 2.45) is 0 Å². The molecule has 0 radical (unpaired) electrons. The second-order valence-electron chi connectivity index (χ2n) is 16.7. The summed E-state index contributed by atoms with van der Waals surface area (Å²) in [6.45, 7) is 0.395. The van der Waals surface area contributed by atoms with Crippen molar-refractivity contribution in [2.75, 3.05) is 46.7 Å². The van der Waals surface area contributed by atoms with Gasteiger partial charge in [0.25, 0.3) is 20.0 Å². The van der Waals surface area contributed by atoms with E-state index in [0.29, 0.717) is 35.1 Å². The van der Waals surface area contributed by atoms with Gasteiger partial charge in [0, 0.05) is 72.4 Å². The Balaban J connectivity index is 0.000000211. The van der Waals surface area contributed by atoms with Gasteiger partial charge in [-0.1, -0.05) is 24.3 Å². The second-order valence-corrected chi connectivity index (χ2v) is 24.6. The first-order valence-electron chi connectivity index (χ1n) is 21.6. The van der Waals surface area contributed by atoms with E-state index in [1.807, 2.05) is 0 Å². The molecule has 0 unspecified atom stereocenters. The summed E-state index contributed by atoms with van der Waals surface area (Å²) < 4.78 is 194. The summed E-state index contributed by atoms with van der Waals surface area (Å²) in [6, 6.07) is 18.2. The predicted molar refractivity (Wildman–Crippen MR) is 252 cm³/mol. The third-order valence-electron chi connectivity index (χ3n) is 11.4. The predicted octanol–water partition coefficient (Wildman–Crippen LogP) is 7.60. The van der Waals surface area contributed by atoms with Crippen LogP contribution in [0.5, 0.6) is 11.5 Å². The molecule has 0 aliphatic carbocycles. The van der Waals surface area contributed by atoms with E-state index in [-0.39, 0.29) is 81.9 Å². The normalized spacial score (nSPS) is 16.2. The number of aryl methyl sites for hydroxylation is 2. The van der Waals surface area contributed by atoms with Gasteiger partial charge in [-0.05, 0) is 96.5 Å². The quantitative estimate of drug-likeness (QED) is 0.100. The summed E-state index contributed by atoms with van der Waals surface area (Å²) in [5, 5.41) is 0. The third-order valence-corrected chi connectivity index (χ3v) is 16.0. The van der Waals surface area contributed by atoms with Crippen LogP contribution >= 0.6 is 0 Å². The molecular weight excluding hydrogens is 1040 g/mol. The minimum absolute atomic E-state index is 0.0851. The van der Waals surface area contributed by atoms with E-state index >= 15 is 0 Å². The van der Waals surface area contributed by atoms with Crippen LogP contribution in [-0.4, -0.2) is 90.8 Å². The molecule has 0 bridgehead atoms. The van der Waals surface area contributed by atoms with Gasteiger partial charge < -0.3 is 9.47 Å². The van der Waals surface area contributed by atoms with E-state index < -0.39 is 75.0 Å². The van der Waals surface area contributed by atoms with E-state index in [2.05, 4.69) is 29.4 Å². The minimum Gasteiger partial charge on any atom is -0.493 e. The highest BCUT2D eigenvalue weighted by molar-refractivity contribution is 7.93. The lowest BCUT2D eigenvalue weighted by atomic mass is 9.83. The molecule has 26 heteroatoms. The number of benzene rings is 4. The van der Waals surface area contributed by atoms with Crippen molar-refractivity contribution in [3.05, 3.63) is 154 Å². The van der Waals surface area contributed by atoms with Crippen LogP contribution in [0.3, 0.4) is 0 Å². The fourth-order valence-electron chi connectivity index (χ4n) is 8.05. The van der Waals surface area contributed by atoms with Crippen molar-refractivity contribution in [1.82, 2.24) is 19.9 Å². The molecule has 0 saturated carbocycles. The molecule has 0 fully saturated rings. The molecule has 4 aromatic carbocycles. The zero-order valence-corrected chi connectivity index (χ0v) is 41.2. The van der Waals surface area contributed by atoms with E-state index in [0.717, 1.165) is 36.8 Å².